The second-order valence-corrected chi connectivity index (χ2v) is 7.47. The second kappa shape index (κ2) is 22.0. The minimum atomic E-state index is 1.16. The molecule has 0 bridgehead atoms. The van der Waals surface area contributed by atoms with Gasteiger partial charge >= 0.3 is 0 Å². The Morgan fingerprint density at radius 2 is 0.826 bits per heavy atom. The summed E-state index contributed by atoms with van der Waals surface area (Å²) in [6.45, 7) is 2.28. The molecule has 0 aromatic carbocycles. The van der Waals surface area contributed by atoms with Crippen molar-refractivity contribution in [3.63, 3.8) is 0 Å². The number of allylic oxidation sites excluding steroid dienone is 4. The Balaban J connectivity index is 3.11. The lowest BCUT2D eigenvalue weighted by molar-refractivity contribution is 0.634. The Morgan fingerprint density at radius 3 is 1.17 bits per heavy atom. The zero-order chi connectivity index (χ0) is 16.8. The number of unbranched alkanes of at least 4 members (excludes halogenated alkanes) is 13. The van der Waals surface area contributed by atoms with Crippen LogP contribution in [0.25, 0.3) is 0 Å². The number of rotatable bonds is 18. The van der Waals surface area contributed by atoms with Crippen molar-refractivity contribution in [2.24, 2.45) is 0 Å². The minimum Gasteiger partial charge on any atom is -0.0928 e. The van der Waals surface area contributed by atoms with Gasteiger partial charge in [0.2, 0.25) is 0 Å². The summed E-state index contributed by atoms with van der Waals surface area (Å²) in [5, 5.41) is 1.16. The number of halogens is 1. The van der Waals surface area contributed by atoms with Crippen molar-refractivity contribution in [3.8, 4) is 0 Å². The third kappa shape index (κ3) is 22.0. The minimum absolute atomic E-state index is 1.16. The van der Waals surface area contributed by atoms with E-state index in [-0.39, 0.29) is 0 Å². The van der Waals surface area contributed by atoms with E-state index < -0.39 is 0 Å². The van der Waals surface area contributed by atoms with Gasteiger partial charge in [-0.3, -0.25) is 0 Å². The van der Waals surface area contributed by atoms with Gasteiger partial charge in [-0.05, 0) is 57.8 Å². The highest BCUT2D eigenvalue weighted by atomic mass is 79.9. The molecule has 0 amide bonds. The fourth-order valence-corrected chi connectivity index (χ4v) is 3.15. The molecule has 0 fully saturated rings. The van der Waals surface area contributed by atoms with Gasteiger partial charge in [0.1, 0.15) is 0 Å². The Bertz CT molecular complexity index is 255. The molecule has 0 aliphatic heterocycles. The monoisotopic (exact) mass is 384 g/mol. The maximum absolute atomic E-state index is 3.48. The van der Waals surface area contributed by atoms with E-state index in [0.29, 0.717) is 0 Å². The normalized spacial score (nSPS) is 11.9. The summed E-state index contributed by atoms with van der Waals surface area (Å²) in [6.07, 6.45) is 31.3. The van der Waals surface area contributed by atoms with Gasteiger partial charge in [0.25, 0.3) is 0 Å². The Hall–Kier alpha value is -0.0400. The summed E-state index contributed by atoms with van der Waals surface area (Å²) in [6, 6.07) is 0. The van der Waals surface area contributed by atoms with E-state index in [1.165, 1.54) is 103 Å². The van der Waals surface area contributed by atoms with Crippen molar-refractivity contribution in [3.05, 3.63) is 24.3 Å². The smallest absolute Gasteiger partial charge is 0.00313 e. The highest BCUT2D eigenvalue weighted by Gasteiger charge is 1.89. The van der Waals surface area contributed by atoms with Crippen LogP contribution in [-0.4, -0.2) is 5.33 Å². The van der Waals surface area contributed by atoms with E-state index in [1.807, 2.05) is 0 Å². The average molecular weight is 385 g/mol. The van der Waals surface area contributed by atoms with Crippen LogP contribution >= 0.6 is 15.9 Å². The zero-order valence-electron chi connectivity index (χ0n) is 15.7. The lowest BCUT2D eigenvalue weighted by Crippen LogP contribution is -1.78. The molecule has 23 heavy (non-hydrogen) atoms. The van der Waals surface area contributed by atoms with Crippen molar-refractivity contribution >= 4 is 15.9 Å². The van der Waals surface area contributed by atoms with Gasteiger partial charge < -0.3 is 0 Å². The Labute approximate surface area is 155 Å². The summed E-state index contributed by atoms with van der Waals surface area (Å²) in [4.78, 5) is 0. The number of hydrogen-bond donors (Lipinski definition) is 0. The summed E-state index contributed by atoms with van der Waals surface area (Å²) in [5.74, 6) is 0. The molecule has 0 aliphatic rings. The van der Waals surface area contributed by atoms with Gasteiger partial charge in [0, 0.05) is 5.33 Å². The molecule has 0 heterocycles. The summed E-state index contributed by atoms with van der Waals surface area (Å²) < 4.78 is 0. The lowest BCUT2D eigenvalue weighted by atomic mass is 10.1. The largest absolute Gasteiger partial charge is 0.0928 e. The number of hydrogen-bond acceptors (Lipinski definition) is 0. The predicted octanol–water partition coefficient (Wildman–Crippen LogP) is 8.76. The third-order valence-electron chi connectivity index (χ3n) is 4.30. The van der Waals surface area contributed by atoms with Crippen LogP contribution in [0.3, 0.4) is 0 Å². The van der Waals surface area contributed by atoms with Crippen LogP contribution in [0, 0.1) is 0 Å². The van der Waals surface area contributed by atoms with Crippen LogP contribution < -0.4 is 0 Å². The summed E-state index contributed by atoms with van der Waals surface area (Å²) in [5.41, 5.74) is 0. The van der Waals surface area contributed by atoms with Crippen LogP contribution in [0.4, 0.5) is 0 Å². The van der Waals surface area contributed by atoms with Gasteiger partial charge in [-0.2, -0.15) is 0 Å². The van der Waals surface area contributed by atoms with Crippen molar-refractivity contribution in [2.45, 2.75) is 110 Å². The molecule has 0 aromatic rings. The molecule has 0 N–H and O–H groups in total. The molecule has 0 aliphatic carbocycles. The molecule has 0 atom stereocenters. The topological polar surface area (TPSA) is 0 Å². The first-order chi connectivity index (χ1) is 11.4. The second-order valence-electron chi connectivity index (χ2n) is 6.68. The molecule has 0 radical (unpaired) electrons. The number of alkyl halides is 1. The van der Waals surface area contributed by atoms with E-state index >= 15 is 0 Å². The van der Waals surface area contributed by atoms with Gasteiger partial charge in [-0.1, -0.05) is 92.1 Å². The standard InChI is InChI=1S/C22H41Br/c1-2-3-4-5-6-7-8-9-10-11-12-13-14-15-16-17-18-19-20-21-22-23/h8-9,16-17H,2-7,10-15,18-22H2,1H3/b9-8+,17-16+. The molecular formula is C22H41Br. The lowest BCUT2D eigenvalue weighted by Gasteiger charge is -1.98. The molecule has 0 saturated heterocycles. The fourth-order valence-electron chi connectivity index (χ4n) is 2.75. The highest BCUT2D eigenvalue weighted by molar-refractivity contribution is 9.09. The van der Waals surface area contributed by atoms with E-state index in [0.717, 1.165) is 5.33 Å². The quantitative estimate of drug-likeness (QED) is 0.126. The first-order valence-corrected chi connectivity index (χ1v) is 11.4. The van der Waals surface area contributed by atoms with Crippen LogP contribution in [0.5, 0.6) is 0 Å². The Kier molecular flexibility index (Phi) is 21.9. The van der Waals surface area contributed by atoms with Gasteiger partial charge in [0.15, 0.2) is 0 Å². The third-order valence-corrected chi connectivity index (χ3v) is 4.86. The highest BCUT2D eigenvalue weighted by Crippen LogP contribution is 2.09. The van der Waals surface area contributed by atoms with Gasteiger partial charge in [-0.15, -0.1) is 0 Å². The summed E-state index contributed by atoms with van der Waals surface area (Å²) >= 11 is 3.48. The van der Waals surface area contributed by atoms with Gasteiger partial charge in [0.05, 0.1) is 0 Å². The SMILES string of the molecule is CCCCCCC/C=C/CCCCCC/C=C/CCCCCBr. The molecule has 0 unspecified atom stereocenters. The molecule has 136 valence electrons. The molecule has 0 saturated carbocycles. The first-order valence-electron chi connectivity index (χ1n) is 10.3. The molecule has 0 nitrogen and oxygen atoms in total. The maximum atomic E-state index is 3.48. The first kappa shape index (κ1) is 23.0. The Morgan fingerprint density at radius 1 is 0.478 bits per heavy atom. The van der Waals surface area contributed by atoms with Crippen molar-refractivity contribution in [2.75, 3.05) is 5.33 Å². The summed E-state index contributed by atoms with van der Waals surface area (Å²) in [7, 11) is 0. The average Bonchev–Trinajstić information content (AvgIpc) is 2.57. The van der Waals surface area contributed by atoms with Crippen molar-refractivity contribution < 1.29 is 0 Å². The van der Waals surface area contributed by atoms with E-state index in [2.05, 4.69) is 47.2 Å². The van der Waals surface area contributed by atoms with Crippen LogP contribution in [0.1, 0.15) is 110 Å². The maximum Gasteiger partial charge on any atom is 0.00313 e. The van der Waals surface area contributed by atoms with E-state index in [1.54, 1.807) is 0 Å². The van der Waals surface area contributed by atoms with E-state index in [4.69, 9.17) is 0 Å². The molecule has 0 aromatic heterocycles. The predicted molar refractivity (Wildman–Crippen MR) is 112 cm³/mol. The zero-order valence-corrected chi connectivity index (χ0v) is 17.3. The van der Waals surface area contributed by atoms with Crippen LogP contribution in [-0.2, 0) is 0 Å². The van der Waals surface area contributed by atoms with Gasteiger partial charge in [-0.25, -0.2) is 0 Å². The van der Waals surface area contributed by atoms with Crippen LogP contribution in [0.2, 0.25) is 0 Å². The fraction of sp³-hybridized carbons (Fsp3) is 0.818. The molecule has 0 rings (SSSR count). The molecular weight excluding hydrogens is 344 g/mol. The molecule has 1 heteroatoms. The van der Waals surface area contributed by atoms with Crippen LogP contribution in [0.15, 0.2) is 24.3 Å². The molecule has 0 spiro atoms. The van der Waals surface area contributed by atoms with E-state index in [9.17, 15) is 0 Å². The van der Waals surface area contributed by atoms with Crippen molar-refractivity contribution in [1.82, 2.24) is 0 Å². The van der Waals surface area contributed by atoms with Crippen molar-refractivity contribution in [1.29, 1.82) is 0 Å².